The first-order chi connectivity index (χ1) is 15.3. The lowest BCUT2D eigenvalue weighted by Crippen LogP contribution is -2.41. The fraction of sp³-hybridized carbons (Fsp3) is 0.435. The molecule has 0 spiro atoms. The van der Waals surface area contributed by atoms with Gasteiger partial charge in [0, 0.05) is 52.9 Å². The van der Waals surface area contributed by atoms with Crippen LogP contribution in [0.3, 0.4) is 0 Å². The van der Waals surface area contributed by atoms with Gasteiger partial charge in [-0.25, -0.2) is 19.7 Å². The summed E-state index contributed by atoms with van der Waals surface area (Å²) in [5.74, 6) is 0.597. The molecule has 9 heteroatoms. The Morgan fingerprint density at radius 2 is 1.91 bits per heavy atom. The number of anilines is 1. The molecule has 0 unspecified atom stereocenters. The zero-order chi connectivity index (χ0) is 22.6. The topological polar surface area (TPSA) is 102 Å². The fourth-order valence-corrected chi connectivity index (χ4v) is 4.40. The van der Waals surface area contributed by atoms with Gasteiger partial charge in [-0.3, -0.25) is 4.98 Å². The molecule has 0 saturated heterocycles. The van der Waals surface area contributed by atoms with Gasteiger partial charge in [0.1, 0.15) is 10.6 Å². The highest BCUT2D eigenvalue weighted by molar-refractivity contribution is 7.15. The van der Waals surface area contributed by atoms with E-state index in [0.717, 1.165) is 40.5 Å². The molecule has 1 aliphatic rings. The summed E-state index contributed by atoms with van der Waals surface area (Å²) in [6.45, 7) is 6.63. The van der Waals surface area contributed by atoms with Gasteiger partial charge in [0.2, 0.25) is 5.95 Å². The minimum Gasteiger partial charge on any atom is -0.444 e. The molecule has 3 aromatic rings. The van der Waals surface area contributed by atoms with Gasteiger partial charge in [0.05, 0.1) is 6.54 Å². The quantitative estimate of drug-likeness (QED) is 0.542. The molecule has 4 rings (SSSR count). The number of amides is 1. The van der Waals surface area contributed by atoms with Crippen molar-refractivity contribution in [1.29, 1.82) is 0 Å². The number of carbonyl (C=O) groups is 1. The first-order valence-corrected chi connectivity index (χ1v) is 11.5. The van der Waals surface area contributed by atoms with Crippen molar-refractivity contribution >= 4 is 23.4 Å². The van der Waals surface area contributed by atoms with Crippen LogP contribution >= 0.6 is 11.3 Å². The van der Waals surface area contributed by atoms with E-state index in [1.54, 1.807) is 18.6 Å². The van der Waals surface area contributed by atoms with Crippen LogP contribution in [0.15, 0.2) is 43.0 Å². The standard InChI is InChI=1S/C23H28N6O2S/c1-22(2,3)31-21(30)28-14-17-13-25-19(32-17)16-11-26-20(27-12-16)29-15-23(8-6-9-23)18-7-4-5-10-24-18/h4-5,7,10-13H,6,8-9,14-15H2,1-3H3,(H,28,30)(H,26,27,29). The number of carbonyl (C=O) groups excluding carboxylic acids is 1. The molecule has 2 N–H and O–H groups in total. The average Bonchev–Trinajstić information content (AvgIpc) is 3.21. The Morgan fingerprint density at radius 3 is 2.53 bits per heavy atom. The van der Waals surface area contributed by atoms with Crippen LogP contribution < -0.4 is 10.6 Å². The van der Waals surface area contributed by atoms with Gasteiger partial charge in [-0.1, -0.05) is 12.5 Å². The predicted octanol–water partition coefficient (Wildman–Crippen LogP) is 4.55. The number of nitrogens with zero attached hydrogens (tertiary/aromatic N) is 4. The molecule has 32 heavy (non-hydrogen) atoms. The zero-order valence-electron chi connectivity index (χ0n) is 18.6. The molecule has 0 aliphatic heterocycles. The third kappa shape index (κ3) is 5.40. The second-order valence-corrected chi connectivity index (χ2v) is 10.1. The van der Waals surface area contributed by atoms with Crippen LogP contribution in [0.4, 0.5) is 10.7 Å². The molecule has 1 aliphatic carbocycles. The third-order valence-electron chi connectivity index (χ3n) is 5.36. The molecular formula is C23H28N6O2S. The Labute approximate surface area is 191 Å². The van der Waals surface area contributed by atoms with E-state index in [4.69, 9.17) is 4.74 Å². The molecule has 0 bridgehead atoms. The molecular weight excluding hydrogens is 424 g/mol. The van der Waals surface area contributed by atoms with E-state index in [0.29, 0.717) is 12.5 Å². The van der Waals surface area contributed by atoms with E-state index in [-0.39, 0.29) is 5.41 Å². The minimum atomic E-state index is -0.522. The van der Waals surface area contributed by atoms with Gasteiger partial charge in [-0.2, -0.15) is 0 Å². The van der Waals surface area contributed by atoms with Crippen molar-refractivity contribution in [3.05, 3.63) is 53.6 Å². The largest absolute Gasteiger partial charge is 0.444 e. The molecule has 0 aromatic carbocycles. The Balaban J connectivity index is 1.33. The van der Waals surface area contributed by atoms with Crippen molar-refractivity contribution in [3.8, 4) is 10.6 Å². The number of alkyl carbamates (subject to hydrolysis) is 1. The molecule has 8 nitrogen and oxygen atoms in total. The van der Waals surface area contributed by atoms with Crippen molar-refractivity contribution in [3.63, 3.8) is 0 Å². The monoisotopic (exact) mass is 452 g/mol. The maximum Gasteiger partial charge on any atom is 0.407 e. The SMILES string of the molecule is CC(C)(C)OC(=O)NCc1cnc(-c2cnc(NCC3(c4ccccn4)CCC3)nc2)s1. The predicted molar refractivity (Wildman–Crippen MR) is 124 cm³/mol. The summed E-state index contributed by atoms with van der Waals surface area (Å²) in [6, 6.07) is 6.09. The molecule has 168 valence electrons. The van der Waals surface area contributed by atoms with E-state index in [1.165, 1.54) is 17.8 Å². The number of nitrogens with one attached hydrogen (secondary N) is 2. The Kier molecular flexibility index (Phi) is 6.36. The highest BCUT2D eigenvalue weighted by Crippen LogP contribution is 2.42. The lowest BCUT2D eigenvalue weighted by atomic mass is 9.66. The molecule has 0 radical (unpaired) electrons. The van der Waals surface area contributed by atoms with E-state index in [2.05, 4.69) is 36.6 Å². The van der Waals surface area contributed by atoms with Crippen molar-refractivity contribution in [1.82, 2.24) is 25.3 Å². The van der Waals surface area contributed by atoms with Crippen molar-refractivity contribution < 1.29 is 9.53 Å². The first-order valence-electron chi connectivity index (χ1n) is 10.7. The maximum absolute atomic E-state index is 11.8. The summed E-state index contributed by atoms with van der Waals surface area (Å²) < 4.78 is 5.25. The average molecular weight is 453 g/mol. The lowest BCUT2D eigenvalue weighted by Gasteiger charge is -2.41. The maximum atomic E-state index is 11.8. The number of hydrogen-bond acceptors (Lipinski definition) is 8. The molecule has 1 amide bonds. The number of thiazole rings is 1. The normalized spacial score (nSPS) is 15.0. The number of hydrogen-bond donors (Lipinski definition) is 2. The van der Waals surface area contributed by atoms with Crippen molar-refractivity contribution in [2.24, 2.45) is 0 Å². The smallest absolute Gasteiger partial charge is 0.407 e. The lowest BCUT2D eigenvalue weighted by molar-refractivity contribution is 0.0524. The van der Waals surface area contributed by atoms with Crippen LogP contribution in [0.1, 0.15) is 50.6 Å². The summed E-state index contributed by atoms with van der Waals surface area (Å²) in [4.78, 5) is 30.7. The van der Waals surface area contributed by atoms with Crippen LogP contribution in [0.25, 0.3) is 10.6 Å². The highest BCUT2D eigenvalue weighted by atomic mass is 32.1. The first kappa shape index (κ1) is 22.1. The minimum absolute atomic E-state index is 0.0641. The molecule has 1 saturated carbocycles. The zero-order valence-corrected chi connectivity index (χ0v) is 19.4. The highest BCUT2D eigenvalue weighted by Gasteiger charge is 2.39. The van der Waals surface area contributed by atoms with Crippen LogP contribution in [0.5, 0.6) is 0 Å². The van der Waals surface area contributed by atoms with E-state index in [9.17, 15) is 4.79 Å². The number of rotatable bonds is 7. The Morgan fingerprint density at radius 1 is 1.12 bits per heavy atom. The van der Waals surface area contributed by atoms with Crippen LogP contribution in [-0.4, -0.2) is 38.2 Å². The van der Waals surface area contributed by atoms with E-state index in [1.807, 2.05) is 39.1 Å². The second-order valence-electron chi connectivity index (χ2n) is 8.98. The van der Waals surface area contributed by atoms with Crippen LogP contribution in [0, 0.1) is 0 Å². The van der Waals surface area contributed by atoms with Gasteiger partial charge < -0.3 is 15.4 Å². The summed E-state index contributed by atoms with van der Waals surface area (Å²) in [7, 11) is 0. The van der Waals surface area contributed by atoms with E-state index >= 15 is 0 Å². The van der Waals surface area contributed by atoms with Gasteiger partial charge in [-0.15, -0.1) is 11.3 Å². The number of aromatic nitrogens is 4. The third-order valence-corrected chi connectivity index (χ3v) is 6.41. The molecule has 0 atom stereocenters. The summed E-state index contributed by atoms with van der Waals surface area (Å²) in [6.07, 6.45) is 10.2. The molecule has 3 heterocycles. The number of pyridine rings is 1. The Bertz CT molecular complexity index is 1040. The molecule has 1 fully saturated rings. The molecule has 3 aromatic heterocycles. The van der Waals surface area contributed by atoms with Crippen LogP contribution in [0.2, 0.25) is 0 Å². The van der Waals surface area contributed by atoms with Gasteiger partial charge >= 0.3 is 6.09 Å². The summed E-state index contributed by atoms with van der Waals surface area (Å²) >= 11 is 1.49. The summed E-state index contributed by atoms with van der Waals surface area (Å²) in [5, 5.41) is 6.94. The number of ether oxygens (including phenoxy) is 1. The van der Waals surface area contributed by atoms with Gasteiger partial charge in [0.25, 0.3) is 0 Å². The summed E-state index contributed by atoms with van der Waals surface area (Å²) in [5.41, 5.74) is 1.51. The van der Waals surface area contributed by atoms with Gasteiger partial charge in [-0.05, 0) is 45.7 Å². The van der Waals surface area contributed by atoms with E-state index < -0.39 is 11.7 Å². The van der Waals surface area contributed by atoms with Crippen LogP contribution in [-0.2, 0) is 16.7 Å². The van der Waals surface area contributed by atoms with Crippen molar-refractivity contribution in [2.45, 2.75) is 57.6 Å². The Hall–Kier alpha value is -3.07. The second kappa shape index (κ2) is 9.20. The van der Waals surface area contributed by atoms with Crippen molar-refractivity contribution in [2.75, 3.05) is 11.9 Å². The van der Waals surface area contributed by atoms with Gasteiger partial charge in [0.15, 0.2) is 0 Å². The fourth-order valence-electron chi connectivity index (χ4n) is 3.58.